The molecule has 0 aromatic heterocycles. The van der Waals surface area contributed by atoms with E-state index < -0.39 is 20.2 Å². The van der Waals surface area contributed by atoms with E-state index in [2.05, 4.69) is 0 Å². The molecule has 0 radical (unpaired) electrons. The quantitative estimate of drug-likeness (QED) is 0.267. The van der Waals surface area contributed by atoms with Crippen LogP contribution in [0.2, 0.25) is 0 Å². The molecule has 4 aliphatic heterocycles. The molecule has 3 aromatic carbocycles. The second kappa shape index (κ2) is 9.75. The number of ether oxygens (including phenoxy) is 2. The van der Waals surface area contributed by atoms with Crippen LogP contribution in [0, 0.1) is 0 Å². The summed E-state index contributed by atoms with van der Waals surface area (Å²) in [6, 6.07) is 12.5. The van der Waals surface area contributed by atoms with E-state index >= 15 is 0 Å². The molecule has 6 atom stereocenters. The van der Waals surface area contributed by atoms with Gasteiger partial charge in [-0.3, -0.25) is 0 Å². The van der Waals surface area contributed by atoms with Crippen LogP contribution in [-0.4, -0.2) is 45.8 Å². The maximum absolute atomic E-state index is 14.7. The largest absolute Gasteiger partial charge is 0.744 e. The van der Waals surface area contributed by atoms with Crippen molar-refractivity contribution < 1.29 is 35.0 Å². The van der Waals surface area contributed by atoms with E-state index in [9.17, 15) is 21.4 Å². The van der Waals surface area contributed by atoms with Crippen molar-refractivity contribution in [3.63, 3.8) is 0 Å². The maximum Gasteiger partial charge on any atom is 0.339 e. The zero-order chi connectivity index (χ0) is 28.8. The van der Waals surface area contributed by atoms with Gasteiger partial charge in [-0.25, -0.2) is 8.42 Å². The van der Waals surface area contributed by atoms with Crippen LogP contribution in [0.1, 0.15) is 85.5 Å². The Morgan fingerprint density at radius 3 is 2.10 bits per heavy atom. The molecule has 8 nitrogen and oxygen atoms in total. The van der Waals surface area contributed by atoms with Crippen molar-refractivity contribution in [3.05, 3.63) is 64.7 Å². The van der Waals surface area contributed by atoms with Crippen molar-refractivity contribution in [1.82, 2.24) is 0 Å². The molecule has 4 bridgehead atoms. The Kier molecular flexibility index (Phi) is 6.29. The van der Waals surface area contributed by atoms with E-state index in [1.54, 1.807) is 0 Å². The molecule has 4 saturated heterocycles. The molecule has 3 aromatic rings. The summed E-state index contributed by atoms with van der Waals surface area (Å²) in [5.74, 6) is -0.0409. The van der Waals surface area contributed by atoms with E-state index in [0.717, 1.165) is 73.3 Å². The van der Waals surface area contributed by atoms with E-state index in [1.165, 1.54) is 12.1 Å². The van der Waals surface area contributed by atoms with Crippen molar-refractivity contribution in [2.75, 3.05) is 0 Å². The third kappa shape index (κ3) is 4.32. The monoisotopic (exact) mass is 609 g/mol. The highest BCUT2D eigenvalue weighted by atomic mass is 32.2. The first-order valence-corrected chi connectivity index (χ1v) is 17.9. The maximum atomic E-state index is 14.7. The molecule has 10 heteroatoms. The molecular formula is C32H33O8S2-. The van der Waals surface area contributed by atoms with Gasteiger partial charge in [0.2, 0.25) is 0 Å². The highest BCUT2D eigenvalue weighted by Crippen LogP contribution is 2.53. The topological polar surface area (TPSA) is 119 Å². The lowest BCUT2D eigenvalue weighted by Crippen LogP contribution is -2.25. The Balaban J connectivity index is 1.33. The fourth-order valence-corrected chi connectivity index (χ4v) is 10.7. The first kappa shape index (κ1) is 27.1. The predicted octanol–water partition coefficient (Wildman–Crippen LogP) is 5.46. The van der Waals surface area contributed by atoms with Crippen LogP contribution in [0.5, 0.6) is 5.75 Å². The molecule has 0 N–H and O–H groups in total. The van der Waals surface area contributed by atoms with Crippen LogP contribution in [0.25, 0.3) is 10.8 Å². The first-order valence-electron chi connectivity index (χ1n) is 15.1. The summed E-state index contributed by atoms with van der Waals surface area (Å²) in [5.41, 5.74) is 2.39. The van der Waals surface area contributed by atoms with Crippen molar-refractivity contribution in [2.45, 2.75) is 110 Å². The number of hydrogen-bond acceptors (Lipinski definition) is 8. The molecule has 42 heavy (non-hydrogen) atoms. The van der Waals surface area contributed by atoms with Gasteiger partial charge in [0.25, 0.3) is 0 Å². The zero-order valence-electron chi connectivity index (χ0n) is 23.2. The Labute approximate surface area is 246 Å². The third-order valence-corrected chi connectivity index (χ3v) is 12.5. The molecule has 1 aliphatic carbocycles. The number of rotatable bonds is 6. The standard InChI is InChI=1S/C32H34O8S2/c33-41(34,35)30-14-13-29(22-7-3-4-8-23(22)30)40-42(36,37)32-25(24-16-19-9-11-27(24)38-19)15-18-5-1-2-6-21(18)31(32)26-17-20-10-12-28(26)39-20/h1-2,5-6,13-15,19-20,24,26-28H,3-4,7-12,16-17H2,(H,33,34,35)/p-1. The molecule has 6 unspecified atom stereocenters. The fraction of sp³-hybridized carbons (Fsp3) is 0.500. The SMILES string of the molecule is O=S(=O)([O-])c1ccc(OS(=O)(=O)c2c(C3CC4CCC3O4)cc3ccccc3c2C2CC3CCC2O3)c2c1CCCC2. The fourth-order valence-electron chi connectivity index (χ4n) is 8.48. The minimum absolute atomic E-state index is 0.0384. The third-order valence-electron chi connectivity index (χ3n) is 10.2. The van der Waals surface area contributed by atoms with Crippen molar-refractivity contribution in [1.29, 1.82) is 0 Å². The normalized spacial score (nSPS) is 30.2. The summed E-state index contributed by atoms with van der Waals surface area (Å²) < 4.78 is 84.0. The molecule has 0 saturated carbocycles. The van der Waals surface area contributed by atoms with E-state index in [0.29, 0.717) is 24.0 Å². The van der Waals surface area contributed by atoms with Crippen LogP contribution in [0.15, 0.2) is 52.3 Å². The summed E-state index contributed by atoms with van der Waals surface area (Å²) >= 11 is 0. The summed E-state index contributed by atoms with van der Waals surface area (Å²) in [4.78, 5) is -0.0686. The number of fused-ring (bicyclic) bond motifs is 6. The lowest BCUT2D eigenvalue weighted by Gasteiger charge is -2.29. The Morgan fingerprint density at radius 2 is 1.45 bits per heavy atom. The number of hydrogen-bond donors (Lipinski definition) is 0. The molecule has 4 fully saturated rings. The lowest BCUT2D eigenvalue weighted by molar-refractivity contribution is 0.0999. The van der Waals surface area contributed by atoms with Crippen molar-refractivity contribution in [2.24, 2.45) is 0 Å². The average Bonchev–Trinajstić information content (AvgIpc) is 3.78. The Morgan fingerprint density at radius 1 is 0.786 bits per heavy atom. The van der Waals surface area contributed by atoms with Gasteiger partial charge in [0.1, 0.15) is 20.8 Å². The van der Waals surface area contributed by atoms with Crippen LogP contribution in [0.3, 0.4) is 0 Å². The molecule has 5 aliphatic rings. The highest BCUT2D eigenvalue weighted by Gasteiger charge is 2.48. The van der Waals surface area contributed by atoms with Crippen LogP contribution in [0.4, 0.5) is 0 Å². The summed E-state index contributed by atoms with van der Waals surface area (Å²) in [6.07, 6.45) is 7.77. The lowest BCUT2D eigenvalue weighted by atomic mass is 9.77. The molecule has 8 rings (SSSR count). The number of benzene rings is 3. The van der Waals surface area contributed by atoms with Gasteiger partial charge in [-0.05, 0) is 110 Å². The predicted molar refractivity (Wildman–Crippen MR) is 153 cm³/mol. The second-order valence-electron chi connectivity index (χ2n) is 12.6. The average molecular weight is 610 g/mol. The summed E-state index contributed by atoms with van der Waals surface area (Å²) in [5, 5.41) is 1.89. The van der Waals surface area contributed by atoms with Gasteiger partial charge in [-0.1, -0.05) is 24.3 Å². The summed E-state index contributed by atoms with van der Waals surface area (Å²) in [7, 11) is -9.10. The zero-order valence-corrected chi connectivity index (χ0v) is 24.8. The van der Waals surface area contributed by atoms with Gasteiger partial charge < -0.3 is 18.2 Å². The van der Waals surface area contributed by atoms with Crippen molar-refractivity contribution in [3.8, 4) is 5.75 Å². The van der Waals surface area contributed by atoms with Gasteiger partial charge in [-0.15, -0.1) is 0 Å². The van der Waals surface area contributed by atoms with E-state index in [-0.39, 0.29) is 51.8 Å². The summed E-state index contributed by atoms with van der Waals surface area (Å²) in [6.45, 7) is 0. The Hall–Kier alpha value is -2.50. The molecule has 4 heterocycles. The minimum Gasteiger partial charge on any atom is -0.744 e. The van der Waals surface area contributed by atoms with E-state index in [4.69, 9.17) is 13.7 Å². The molecule has 0 spiro atoms. The minimum atomic E-state index is -4.71. The Bertz CT molecular complexity index is 1820. The van der Waals surface area contributed by atoms with Gasteiger partial charge >= 0.3 is 10.1 Å². The van der Waals surface area contributed by atoms with Gasteiger partial charge in [-0.2, -0.15) is 8.42 Å². The second-order valence-corrected chi connectivity index (χ2v) is 15.4. The van der Waals surface area contributed by atoms with Crippen LogP contribution < -0.4 is 4.18 Å². The molecule has 222 valence electrons. The van der Waals surface area contributed by atoms with Crippen LogP contribution in [-0.2, 0) is 42.6 Å². The van der Waals surface area contributed by atoms with Crippen LogP contribution >= 0.6 is 0 Å². The smallest absolute Gasteiger partial charge is 0.339 e. The highest BCUT2D eigenvalue weighted by molar-refractivity contribution is 7.87. The van der Waals surface area contributed by atoms with Gasteiger partial charge in [0.05, 0.1) is 29.3 Å². The molecule has 0 amide bonds. The van der Waals surface area contributed by atoms with E-state index in [1.807, 2.05) is 30.3 Å². The van der Waals surface area contributed by atoms with Gasteiger partial charge in [0, 0.05) is 17.4 Å². The van der Waals surface area contributed by atoms with Gasteiger partial charge in [0.15, 0.2) is 0 Å². The van der Waals surface area contributed by atoms with Crippen molar-refractivity contribution >= 4 is 31.0 Å². The molecular weight excluding hydrogens is 576 g/mol. The first-order chi connectivity index (χ1) is 20.2.